The van der Waals surface area contributed by atoms with Gasteiger partial charge < -0.3 is 5.73 Å². The summed E-state index contributed by atoms with van der Waals surface area (Å²) in [5.74, 6) is 0. The summed E-state index contributed by atoms with van der Waals surface area (Å²) in [6, 6.07) is 0. The second kappa shape index (κ2) is 3.90. The van der Waals surface area contributed by atoms with Gasteiger partial charge in [0, 0.05) is 6.54 Å². The fourth-order valence-corrected chi connectivity index (χ4v) is 1.70. The number of hydrogen-bond acceptors (Lipinski definition) is 3. The molecule has 1 unspecified atom stereocenters. The molecule has 0 aromatic rings. The molecule has 0 fully saturated rings. The van der Waals surface area contributed by atoms with Gasteiger partial charge in [-0.15, -0.1) is 0 Å². The molecule has 0 rings (SSSR count). The van der Waals surface area contributed by atoms with Crippen molar-refractivity contribution >= 4 is 10.0 Å². The first-order valence-electron chi connectivity index (χ1n) is 3.21. The maximum absolute atomic E-state index is 11.0. The topological polar surface area (TPSA) is 72.2 Å². The molecule has 0 saturated heterocycles. The van der Waals surface area contributed by atoms with Crippen molar-refractivity contribution in [2.24, 2.45) is 5.73 Å². The molecule has 0 heterocycles. The Morgan fingerprint density at radius 2 is 2.10 bits per heavy atom. The number of hydrogen-bond donors (Lipinski definition) is 2. The molecule has 0 aromatic carbocycles. The number of rotatable bonds is 4. The van der Waals surface area contributed by atoms with Crippen molar-refractivity contribution in [3.63, 3.8) is 0 Å². The van der Waals surface area contributed by atoms with E-state index in [1.54, 1.807) is 6.92 Å². The van der Waals surface area contributed by atoms with Crippen LogP contribution in [0.3, 0.4) is 0 Å². The molecular formula is C5H14N2O2S. The van der Waals surface area contributed by atoms with Gasteiger partial charge in [0.05, 0.1) is 5.25 Å². The van der Waals surface area contributed by atoms with Crippen LogP contribution in [-0.2, 0) is 10.0 Å². The van der Waals surface area contributed by atoms with E-state index in [2.05, 4.69) is 4.72 Å². The molecule has 0 aliphatic heterocycles. The maximum Gasteiger partial charge on any atom is 0.215 e. The van der Waals surface area contributed by atoms with Crippen molar-refractivity contribution in [2.75, 3.05) is 13.6 Å². The molecule has 0 bridgehead atoms. The average Bonchev–Trinajstić information content (AvgIpc) is 1.90. The lowest BCUT2D eigenvalue weighted by Gasteiger charge is -2.11. The Labute approximate surface area is 61.8 Å². The van der Waals surface area contributed by atoms with E-state index in [-0.39, 0.29) is 6.54 Å². The predicted octanol–water partition coefficient (Wildman–Crippen LogP) is -0.727. The Morgan fingerprint density at radius 3 is 2.20 bits per heavy atom. The molecule has 4 nitrogen and oxygen atoms in total. The van der Waals surface area contributed by atoms with Crippen molar-refractivity contribution in [1.82, 2.24) is 4.72 Å². The monoisotopic (exact) mass is 166 g/mol. The highest BCUT2D eigenvalue weighted by molar-refractivity contribution is 7.90. The van der Waals surface area contributed by atoms with Crippen molar-refractivity contribution in [1.29, 1.82) is 0 Å². The van der Waals surface area contributed by atoms with Gasteiger partial charge in [-0.3, -0.25) is 0 Å². The Balaban J connectivity index is 4.28. The van der Waals surface area contributed by atoms with Crippen molar-refractivity contribution in [3.05, 3.63) is 0 Å². The Hall–Kier alpha value is -0.130. The molecule has 3 N–H and O–H groups in total. The summed E-state index contributed by atoms with van der Waals surface area (Å²) in [6.45, 7) is 1.98. The van der Waals surface area contributed by atoms with Gasteiger partial charge in [0.15, 0.2) is 0 Å². The molecule has 0 spiro atoms. The SMILES string of the molecule is CCC(CN)S(=O)(=O)NC. The van der Waals surface area contributed by atoms with Gasteiger partial charge in [-0.25, -0.2) is 13.1 Å². The fourth-order valence-electron chi connectivity index (χ4n) is 0.679. The van der Waals surface area contributed by atoms with Crippen LogP contribution in [0.2, 0.25) is 0 Å². The van der Waals surface area contributed by atoms with Gasteiger partial charge in [-0.2, -0.15) is 0 Å². The van der Waals surface area contributed by atoms with E-state index in [1.807, 2.05) is 0 Å². The molecule has 0 amide bonds. The van der Waals surface area contributed by atoms with E-state index < -0.39 is 15.3 Å². The zero-order chi connectivity index (χ0) is 8.20. The normalized spacial score (nSPS) is 15.1. The van der Waals surface area contributed by atoms with Crippen LogP contribution in [0.25, 0.3) is 0 Å². The van der Waals surface area contributed by atoms with Gasteiger partial charge in [0.25, 0.3) is 0 Å². The van der Waals surface area contributed by atoms with E-state index in [4.69, 9.17) is 5.73 Å². The molecule has 0 aliphatic rings. The minimum Gasteiger partial charge on any atom is -0.329 e. The molecule has 62 valence electrons. The van der Waals surface area contributed by atoms with Gasteiger partial charge >= 0.3 is 0 Å². The van der Waals surface area contributed by atoms with Crippen molar-refractivity contribution in [2.45, 2.75) is 18.6 Å². The van der Waals surface area contributed by atoms with Crippen LogP contribution in [-0.4, -0.2) is 27.3 Å². The van der Waals surface area contributed by atoms with E-state index in [9.17, 15) is 8.42 Å². The molecule has 10 heavy (non-hydrogen) atoms. The highest BCUT2D eigenvalue weighted by atomic mass is 32.2. The van der Waals surface area contributed by atoms with Crippen LogP contribution in [0.15, 0.2) is 0 Å². The Bertz CT molecular complexity index is 172. The average molecular weight is 166 g/mol. The first-order chi connectivity index (χ1) is 4.58. The lowest BCUT2D eigenvalue weighted by atomic mass is 10.3. The highest BCUT2D eigenvalue weighted by Gasteiger charge is 2.19. The van der Waals surface area contributed by atoms with Gasteiger partial charge in [-0.1, -0.05) is 6.92 Å². The smallest absolute Gasteiger partial charge is 0.215 e. The Morgan fingerprint density at radius 1 is 1.60 bits per heavy atom. The van der Waals surface area contributed by atoms with E-state index in [0.717, 1.165) is 0 Å². The summed E-state index contributed by atoms with van der Waals surface area (Å²) in [4.78, 5) is 0. The third kappa shape index (κ3) is 2.24. The van der Waals surface area contributed by atoms with Crippen LogP contribution in [0.1, 0.15) is 13.3 Å². The van der Waals surface area contributed by atoms with Crippen LogP contribution >= 0.6 is 0 Å². The number of nitrogens with two attached hydrogens (primary N) is 1. The molecule has 5 heteroatoms. The van der Waals surface area contributed by atoms with Gasteiger partial charge in [0.2, 0.25) is 10.0 Å². The number of nitrogens with one attached hydrogen (secondary N) is 1. The second-order valence-electron chi connectivity index (χ2n) is 2.02. The molecule has 0 aliphatic carbocycles. The van der Waals surface area contributed by atoms with Crippen LogP contribution in [0, 0.1) is 0 Å². The zero-order valence-corrected chi connectivity index (χ0v) is 7.11. The third-order valence-corrected chi connectivity index (χ3v) is 3.41. The predicted molar refractivity (Wildman–Crippen MR) is 41.1 cm³/mol. The summed E-state index contributed by atoms with van der Waals surface area (Å²) in [7, 11) is -1.74. The summed E-state index contributed by atoms with van der Waals surface area (Å²) in [6.07, 6.45) is 0.555. The first-order valence-corrected chi connectivity index (χ1v) is 4.75. The number of sulfonamides is 1. The lowest BCUT2D eigenvalue weighted by molar-refractivity contribution is 0.568. The molecule has 0 radical (unpaired) electrons. The largest absolute Gasteiger partial charge is 0.329 e. The van der Waals surface area contributed by atoms with Crippen molar-refractivity contribution < 1.29 is 8.42 Å². The minimum atomic E-state index is -3.14. The quantitative estimate of drug-likeness (QED) is 0.578. The van der Waals surface area contributed by atoms with Crippen molar-refractivity contribution in [3.8, 4) is 0 Å². The van der Waals surface area contributed by atoms with E-state index >= 15 is 0 Å². The second-order valence-corrected chi connectivity index (χ2v) is 4.18. The highest BCUT2D eigenvalue weighted by Crippen LogP contribution is 2.00. The Kier molecular flexibility index (Phi) is 3.85. The van der Waals surface area contributed by atoms with Gasteiger partial charge in [0.1, 0.15) is 0 Å². The van der Waals surface area contributed by atoms with Crippen LogP contribution in [0.5, 0.6) is 0 Å². The van der Waals surface area contributed by atoms with E-state index in [1.165, 1.54) is 7.05 Å². The standard InChI is InChI=1S/C5H14N2O2S/c1-3-5(4-6)10(8,9)7-2/h5,7H,3-4,6H2,1-2H3. The van der Waals surface area contributed by atoms with Crippen LogP contribution in [0.4, 0.5) is 0 Å². The molecule has 1 atom stereocenters. The third-order valence-electron chi connectivity index (χ3n) is 1.44. The lowest BCUT2D eigenvalue weighted by Crippen LogP contribution is -2.36. The maximum atomic E-state index is 11.0. The fraction of sp³-hybridized carbons (Fsp3) is 1.00. The van der Waals surface area contributed by atoms with E-state index in [0.29, 0.717) is 6.42 Å². The molecule has 0 saturated carbocycles. The van der Waals surface area contributed by atoms with Gasteiger partial charge in [-0.05, 0) is 13.5 Å². The zero-order valence-electron chi connectivity index (χ0n) is 6.29. The summed E-state index contributed by atoms with van der Waals surface area (Å²) >= 11 is 0. The molecule has 0 aromatic heterocycles. The molecular weight excluding hydrogens is 152 g/mol. The first kappa shape index (κ1) is 9.87. The summed E-state index contributed by atoms with van der Waals surface area (Å²) in [5.41, 5.74) is 5.23. The minimum absolute atomic E-state index is 0.180. The summed E-state index contributed by atoms with van der Waals surface area (Å²) in [5, 5.41) is -0.447. The summed E-state index contributed by atoms with van der Waals surface area (Å²) < 4.78 is 24.2. The van der Waals surface area contributed by atoms with Crippen LogP contribution < -0.4 is 10.5 Å².